The van der Waals surface area contributed by atoms with Crippen molar-refractivity contribution < 1.29 is 0 Å². The van der Waals surface area contributed by atoms with E-state index in [-0.39, 0.29) is 0 Å². The van der Waals surface area contributed by atoms with E-state index in [0.29, 0.717) is 17.1 Å². The molecule has 1 aromatic rings. The van der Waals surface area contributed by atoms with Crippen LogP contribution in [-0.2, 0) is 0 Å². The Morgan fingerprint density at radius 1 is 1.32 bits per heavy atom. The molecule has 1 N–H and O–H groups in total. The molecule has 1 saturated heterocycles. The quantitative estimate of drug-likeness (QED) is 0.861. The molecule has 0 spiro atoms. The fraction of sp³-hybridized carbons (Fsp3) is 0.714. The SMILES string of the molecule is Cc1c(Cl)nc(C2CC2)nc1NCC1CCCN1C. The Hall–Kier alpha value is -0.870. The summed E-state index contributed by atoms with van der Waals surface area (Å²) in [6.45, 7) is 4.12. The van der Waals surface area contributed by atoms with Gasteiger partial charge in [0.15, 0.2) is 0 Å². The second-order valence-electron chi connectivity index (χ2n) is 5.78. The van der Waals surface area contributed by atoms with Crippen molar-refractivity contribution in [1.29, 1.82) is 0 Å². The Morgan fingerprint density at radius 2 is 2.11 bits per heavy atom. The summed E-state index contributed by atoms with van der Waals surface area (Å²) in [7, 11) is 2.19. The zero-order valence-corrected chi connectivity index (χ0v) is 12.4. The number of aromatic nitrogens is 2. The molecule has 0 amide bonds. The summed E-state index contributed by atoms with van der Waals surface area (Å²) in [5, 5.41) is 4.07. The number of hydrogen-bond donors (Lipinski definition) is 1. The third-order valence-corrected chi connectivity index (χ3v) is 4.59. The number of halogens is 1. The summed E-state index contributed by atoms with van der Waals surface area (Å²) >= 11 is 6.21. The first-order valence-electron chi connectivity index (χ1n) is 7.13. The van der Waals surface area contributed by atoms with Crippen LogP contribution < -0.4 is 5.32 Å². The zero-order chi connectivity index (χ0) is 13.4. The first-order valence-corrected chi connectivity index (χ1v) is 7.51. The second-order valence-corrected chi connectivity index (χ2v) is 6.14. The van der Waals surface area contributed by atoms with Gasteiger partial charge in [0.05, 0.1) is 0 Å². The Balaban J connectivity index is 1.72. The van der Waals surface area contributed by atoms with E-state index in [0.717, 1.165) is 23.8 Å². The zero-order valence-electron chi connectivity index (χ0n) is 11.6. The Morgan fingerprint density at radius 3 is 2.74 bits per heavy atom. The van der Waals surface area contributed by atoms with Gasteiger partial charge in [-0.25, -0.2) is 9.97 Å². The number of likely N-dealkylation sites (tertiary alicyclic amines) is 1. The number of likely N-dealkylation sites (N-methyl/N-ethyl adjacent to an activating group) is 1. The van der Waals surface area contributed by atoms with Gasteiger partial charge >= 0.3 is 0 Å². The fourth-order valence-corrected chi connectivity index (χ4v) is 2.83. The largest absolute Gasteiger partial charge is 0.368 e. The van der Waals surface area contributed by atoms with Crippen LogP contribution in [0.25, 0.3) is 0 Å². The average molecular weight is 281 g/mol. The normalized spacial score (nSPS) is 23.8. The van der Waals surface area contributed by atoms with E-state index in [1.54, 1.807) is 0 Å². The van der Waals surface area contributed by atoms with Crippen LogP contribution in [0.2, 0.25) is 5.15 Å². The molecule has 1 aromatic heterocycles. The predicted molar refractivity (Wildman–Crippen MR) is 77.9 cm³/mol. The monoisotopic (exact) mass is 280 g/mol. The molecule has 1 aliphatic carbocycles. The maximum atomic E-state index is 6.21. The lowest BCUT2D eigenvalue weighted by molar-refractivity contribution is 0.322. The molecule has 2 heterocycles. The van der Waals surface area contributed by atoms with Crippen LogP contribution in [0.4, 0.5) is 5.82 Å². The number of nitrogens with zero attached hydrogens (tertiary/aromatic N) is 3. The van der Waals surface area contributed by atoms with Crippen molar-refractivity contribution in [2.24, 2.45) is 0 Å². The number of hydrogen-bond acceptors (Lipinski definition) is 4. The van der Waals surface area contributed by atoms with E-state index >= 15 is 0 Å². The molecule has 1 aliphatic heterocycles. The second kappa shape index (κ2) is 5.25. The lowest BCUT2D eigenvalue weighted by atomic mass is 10.2. The molecule has 1 saturated carbocycles. The van der Waals surface area contributed by atoms with Crippen molar-refractivity contribution >= 4 is 17.4 Å². The summed E-state index contributed by atoms with van der Waals surface area (Å²) in [6, 6.07) is 0.609. The van der Waals surface area contributed by atoms with Gasteiger partial charge in [0.25, 0.3) is 0 Å². The van der Waals surface area contributed by atoms with Gasteiger partial charge in [-0.15, -0.1) is 0 Å². The molecular formula is C14H21ClN4. The highest BCUT2D eigenvalue weighted by Crippen LogP contribution is 2.39. The minimum Gasteiger partial charge on any atom is -0.368 e. The number of nitrogens with one attached hydrogen (secondary N) is 1. The molecule has 19 heavy (non-hydrogen) atoms. The summed E-state index contributed by atoms with van der Waals surface area (Å²) < 4.78 is 0. The topological polar surface area (TPSA) is 41.1 Å². The highest BCUT2D eigenvalue weighted by atomic mass is 35.5. The van der Waals surface area contributed by atoms with Crippen LogP contribution in [0.1, 0.15) is 43.0 Å². The van der Waals surface area contributed by atoms with Crippen molar-refractivity contribution in [3.63, 3.8) is 0 Å². The highest BCUT2D eigenvalue weighted by molar-refractivity contribution is 6.30. The maximum absolute atomic E-state index is 6.21. The van der Waals surface area contributed by atoms with Gasteiger partial charge in [-0.2, -0.15) is 0 Å². The lowest BCUT2D eigenvalue weighted by Gasteiger charge is -2.21. The summed E-state index contributed by atoms with van der Waals surface area (Å²) in [5.74, 6) is 2.37. The standard InChI is InChI=1S/C14H21ClN4/c1-9-12(15)17-14(10-5-6-10)18-13(9)16-8-11-4-3-7-19(11)2/h10-11H,3-8H2,1-2H3,(H,16,17,18). The highest BCUT2D eigenvalue weighted by Gasteiger charge is 2.28. The third-order valence-electron chi connectivity index (χ3n) is 4.22. The Kier molecular flexibility index (Phi) is 3.63. The van der Waals surface area contributed by atoms with Crippen LogP contribution in [0.3, 0.4) is 0 Å². The minimum absolute atomic E-state index is 0.535. The molecule has 1 unspecified atom stereocenters. The van der Waals surface area contributed by atoms with E-state index in [1.165, 1.54) is 32.2 Å². The number of anilines is 1. The summed E-state index contributed by atoms with van der Waals surface area (Å²) in [5.41, 5.74) is 0.965. The van der Waals surface area contributed by atoms with Gasteiger partial charge in [-0.05, 0) is 46.2 Å². The van der Waals surface area contributed by atoms with Crippen LogP contribution in [-0.4, -0.2) is 41.0 Å². The molecular weight excluding hydrogens is 260 g/mol. The van der Waals surface area contributed by atoms with Crippen LogP contribution >= 0.6 is 11.6 Å². The molecule has 1 atom stereocenters. The molecule has 4 nitrogen and oxygen atoms in total. The molecule has 104 valence electrons. The summed E-state index contributed by atoms with van der Waals surface area (Å²) in [6.07, 6.45) is 4.95. The predicted octanol–water partition coefficient (Wildman–Crippen LogP) is 2.82. The van der Waals surface area contributed by atoms with Crippen LogP contribution in [0.5, 0.6) is 0 Å². The molecule has 5 heteroatoms. The minimum atomic E-state index is 0.535. The Labute approximate surface area is 119 Å². The van der Waals surface area contributed by atoms with E-state index < -0.39 is 0 Å². The van der Waals surface area contributed by atoms with Gasteiger partial charge in [0.2, 0.25) is 0 Å². The number of rotatable bonds is 4. The van der Waals surface area contributed by atoms with Crippen molar-refractivity contribution in [3.05, 3.63) is 16.5 Å². The molecule has 2 fully saturated rings. The molecule has 3 rings (SSSR count). The fourth-order valence-electron chi connectivity index (χ4n) is 2.65. The van der Waals surface area contributed by atoms with Gasteiger partial charge in [0.1, 0.15) is 16.8 Å². The van der Waals surface area contributed by atoms with Gasteiger partial charge in [0, 0.05) is 24.1 Å². The van der Waals surface area contributed by atoms with Gasteiger partial charge in [-0.1, -0.05) is 11.6 Å². The Bertz CT molecular complexity index is 473. The average Bonchev–Trinajstić information content (AvgIpc) is 3.15. The van der Waals surface area contributed by atoms with E-state index in [9.17, 15) is 0 Å². The van der Waals surface area contributed by atoms with E-state index in [2.05, 4.69) is 27.2 Å². The van der Waals surface area contributed by atoms with Crippen molar-refractivity contribution in [3.8, 4) is 0 Å². The van der Waals surface area contributed by atoms with E-state index in [4.69, 9.17) is 11.6 Å². The van der Waals surface area contributed by atoms with Crippen molar-refractivity contribution in [2.75, 3.05) is 25.5 Å². The first kappa shape index (κ1) is 13.1. The summed E-state index contributed by atoms with van der Waals surface area (Å²) in [4.78, 5) is 11.5. The van der Waals surface area contributed by atoms with Crippen LogP contribution in [0, 0.1) is 6.92 Å². The molecule has 2 aliphatic rings. The first-order chi connectivity index (χ1) is 9.15. The van der Waals surface area contributed by atoms with Crippen LogP contribution in [0.15, 0.2) is 0 Å². The molecule has 0 aromatic carbocycles. The third kappa shape index (κ3) is 2.84. The smallest absolute Gasteiger partial charge is 0.137 e. The van der Waals surface area contributed by atoms with Crippen molar-refractivity contribution in [2.45, 2.75) is 44.6 Å². The molecule has 0 radical (unpaired) electrons. The van der Waals surface area contributed by atoms with Gasteiger partial charge < -0.3 is 10.2 Å². The van der Waals surface area contributed by atoms with Crippen molar-refractivity contribution in [1.82, 2.24) is 14.9 Å². The van der Waals surface area contributed by atoms with E-state index in [1.807, 2.05) is 6.92 Å². The maximum Gasteiger partial charge on any atom is 0.137 e. The lowest BCUT2D eigenvalue weighted by Crippen LogP contribution is -2.32. The van der Waals surface area contributed by atoms with Gasteiger partial charge in [-0.3, -0.25) is 0 Å². The molecule has 0 bridgehead atoms.